The SMILES string of the molecule is CCc1ccc(Cc2ccc(NC(=O)OCc3ccccc3)cc2O[C@@H]2O[C@](C)(COC(=O)c3ccccc3)[C@@H](OC(=O)c3ccccc3)[C@H](OC(=O)c3ccccc3)[C@H]2OC(=O)c2ccccc2)cc1. The van der Waals surface area contributed by atoms with Crippen LogP contribution in [-0.4, -0.2) is 66.8 Å². The van der Waals surface area contributed by atoms with Crippen LogP contribution in [0, 0.1) is 0 Å². The average molecular weight is 954 g/mol. The number of hydrogen-bond acceptors (Lipinski definition) is 12. The molecule has 13 nitrogen and oxygen atoms in total. The monoisotopic (exact) mass is 953 g/mol. The topological polar surface area (TPSA) is 162 Å². The van der Waals surface area contributed by atoms with Crippen molar-refractivity contribution >= 4 is 35.7 Å². The molecule has 1 amide bonds. The number of aryl methyl sites for hydroxylation is 1. The first-order chi connectivity index (χ1) is 34.5. The highest BCUT2D eigenvalue weighted by Crippen LogP contribution is 2.39. The van der Waals surface area contributed by atoms with Gasteiger partial charge >= 0.3 is 30.0 Å². The van der Waals surface area contributed by atoms with Gasteiger partial charge in [-0.05, 0) is 90.2 Å². The van der Waals surface area contributed by atoms with Crippen LogP contribution in [0.1, 0.15) is 77.5 Å². The lowest BCUT2D eigenvalue weighted by Gasteiger charge is -2.49. The minimum absolute atomic E-state index is 0.0127. The number of nitrogens with one attached hydrogen (secondary N) is 1. The van der Waals surface area contributed by atoms with Gasteiger partial charge in [-0.3, -0.25) is 5.32 Å². The van der Waals surface area contributed by atoms with Crippen LogP contribution in [0.15, 0.2) is 194 Å². The zero-order chi connectivity index (χ0) is 49.6. The second-order valence-electron chi connectivity index (χ2n) is 16.9. The number of ether oxygens (including phenoxy) is 7. The van der Waals surface area contributed by atoms with Gasteiger partial charge in [-0.15, -0.1) is 0 Å². The fourth-order valence-electron chi connectivity index (χ4n) is 7.88. The highest BCUT2D eigenvalue weighted by Gasteiger charge is 2.60. The minimum Gasteiger partial charge on any atom is -0.460 e. The van der Waals surface area contributed by atoms with E-state index in [4.69, 9.17) is 33.2 Å². The van der Waals surface area contributed by atoms with E-state index in [2.05, 4.69) is 12.2 Å². The molecule has 8 rings (SSSR count). The maximum Gasteiger partial charge on any atom is 0.411 e. The maximum atomic E-state index is 14.3. The quantitative estimate of drug-likeness (QED) is 0.0680. The second kappa shape index (κ2) is 23.2. The smallest absolute Gasteiger partial charge is 0.411 e. The van der Waals surface area contributed by atoms with Gasteiger partial charge in [0.25, 0.3) is 0 Å². The zero-order valence-corrected chi connectivity index (χ0v) is 39.0. The highest BCUT2D eigenvalue weighted by molar-refractivity contribution is 5.92. The van der Waals surface area contributed by atoms with Crippen molar-refractivity contribution in [3.05, 3.63) is 239 Å². The number of carbonyl (C=O) groups is 5. The summed E-state index contributed by atoms with van der Waals surface area (Å²) < 4.78 is 44.2. The molecule has 1 saturated heterocycles. The first kappa shape index (κ1) is 48.9. The molecule has 1 fully saturated rings. The number of carbonyl (C=O) groups excluding carboxylic acids is 5. The van der Waals surface area contributed by atoms with Crippen molar-refractivity contribution in [3.8, 4) is 5.75 Å². The van der Waals surface area contributed by atoms with Crippen LogP contribution in [0.5, 0.6) is 5.75 Å². The number of esters is 4. The summed E-state index contributed by atoms with van der Waals surface area (Å²) in [6.07, 6.45) is -6.28. The molecule has 1 heterocycles. The van der Waals surface area contributed by atoms with Crippen LogP contribution >= 0.6 is 0 Å². The number of benzene rings is 7. The molecule has 13 heteroatoms. The average Bonchev–Trinajstić information content (AvgIpc) is 3.41. The summed E-state index contributed by atoms with van der Waals surface area (Å²) in [6.45, 7) is 3.01. The molecule has 0 aliphatic carbocycles. The van der Waals surface area contributed by atoms with E-state index in [0.717, 1.165) is 23.1 Å². The van der Waals surface area contributed by atoms with Gasteiger partial charge in [-0.2, -0.15) is 0 Å². The summed E-state index contributed by atoms with van der Waals surface area (Å²) in [5.41, 5.74) is 2.48. The summed E-state index contributed by atoms with van der Waals surface area (Å²) in [6, 6.07) is 54.9. The van der Waals surface area contributed by atoms with Gasteiger partial charge in [-0.1, -0.05) is 140 Å². The fourth-order valence-corrected chi connectivity index (χ4v) is 7.88. The Bertz CT molecular complexity index is 2900. The maximum absolute atomic E-state index is 14.3. The third-order valence-corrected chi connectivity index (χ3v) is 11.7. The lowest BCUT2D eigenvalue weighted by Crippen LogP contribution is -2.69. The molecule has 5 atom stereocenters. The molecule has 7 aromatic rings. The van der Waals surface area contributed by atoms with Gasteiger partial charge in [0.15, 0.2) is 12.2 Å². The lowest BCUT2D eigenvalue weighted by molar-refractivity contribution is -0.310. The van der Waals surface area contributed by atoms with E-state index >= 15 is 0 Å². The Hall–Kier alpha value is -8.55. The molecule has 0 spiro atoms. The number of amides is 1. The first-order valence-corrected chi connectivity index (χ1v) is 23.1. The molecule has 1 aliphatic rings. The number of anilines is 1. The Labute approximate surface area is 411 Å². The van der Waals surface area contributed by atoms with E-state index in [0.29, 0.717) is 12.0 Å². The normalized spacial score (nSPS) is 18.2. The van der Waals surface area contributed by atoms with Crippen molar-refractivity contribution in [1.82, 2.24) is 0 Å². The molecular formula is C58H51NO12. The van der Waals surface area contributed by atoms with Crippen LogP contribution in [0.4, 0.5) is 10.5 Å². The van der Waals surface area contributed by atoms with Crippen LogP contribution in [0.25, 0.3) is 0 Å². The molecule has 1 N–H and O–H groups in total. The Morgan fingerprint density at radius 3 is 1.54 bits per heavy atom. The molecule has 0 unspecified atom stereocenters. The largest absolute Gasteiger partial charge is 0.460 e. The third kappa shape index (κ3) is 12.8. The van der Waals surface area contributed by atoms with Gasteiger partial charge in [0, 0.05) is 18.2 Å². The molecular weight excluding hydrogens is 903 g/mol. The Balaban J connectivity index is 1.23. The van der Waals surface area contributed by atoms with E-state index < -0.39 is 66.8 Å². The van der Waals surface area contributed by atoms with Crippen LogP contribution in [0.2, 0.25) is 0 Å². The second-order valence-corrected chi connectivity index (χ2v) is 16.9. The Morgan fingerprint density at radius 1 is 0.521 bits per heavy atom. The Kier molecular flexibility index (Phi) is 16.0. The van der Waals surface area contributed by atoms with Gasteiger partial charge in [0.1, 0.15) is 24.6 Å². The molecule has 0 radical (unpaired) electrons. The van der Waals surface area contributed by atoms with Gasteiger partial charge in [0.05, 0.1) is 22.3 Å². The summed E-state index contributed by atoms with van der Waals surface area (Å²) in [7, 11) is 0. The van der Waals surface area contributed by atoms with Gasteiger partial charge in [0.2, 0.25) is 12.4 Å². The van der Waals surface area contributed by atoms with Crippen molar-refractivity contribution in [1.29, 1.82) is 0 Å². The van der Waals surface area contributed by atoms with E-state index in [1.54, 1.807) is 127 Å². The zero-order valence-electron chi connectivity index (χ0n) is 39.0. The van der Waals surface area contributed by atoms with E-state index in [1.807, 2.05) is 54.6 Å². The lowest BCUT2D eigenvalue weighted by atomic mass is 9.87. The molecule has 7 aromatic carbocycles. The van der Waals surface area contributed by atoms with Gasteiger partial charge in [-0.25, -0.2) is 24.0 Å². The standard InChI is InChI=1S/C58H51NO12/c1-3-39-29-31-40(32-30-39)35-46-33-34-47(59-57(64)65-37-41-19-9-4-10-20-41)36-48(46)67-56-50(69-54(62)44-25-15-7-16-26-44)49(68-53(61)43-23-13-6-14-24-43)51(70-55(63)45-27-17-8-18-28-45)58(2,71-56)38-66-52(60)42-21-11-5-12-22-42/h4-34,36,49-51,56H,3,35,37-38H2,1-2H3,(H,59,64)/t49-,50-,51+,56-,58-/m1/s1. The molecule has 0 aromatic heterocycles. The van der Waals surface area contributed by atoms with Crippen molar-refractivity contribution in [2.24, 2.45) is 0 Å². The van der Waals surface area contributed by atoms with Gasteiger partial charge < -0.3 is 33.2 Å². The molecule has 0 bridgehead atoms. The van der Waals surface area contributed by atoms with Crippen LogP contribution in [-0.2, 0) is 47.9 Å². The molecule has 71 heavy (non-hydrogen) atoms. The third-order valence-electron chi connectivity index (χ3n) is 11.7. The van der Waals surface area contributed by atoms with E-state index in [-0.39, 0.29) is 40.3 Å². The fraction of sp³-hybridized carbons (Fsp3) is 0.190. The van der Waals surface area contributed by atoms with E-state index in [1.165, 1.54) is 19.1 Å². The highest BCUT2D eigenvalue weighted by atomic mass is 16.7. The van der Waals surface area contributed by atoms with Crippen LogP contribution in [0.3, 0.4) is 0 Å². The Morgan fingerprint density at radius 2 is 1.00 bits per heavy atom. The van der Waals surface area contributed by atoms with E-state index in [9.17, 15) is 24.0 Å². The van der Waals surface area contributed by atoms with Crippen LogP contribution < -0.4 is 10.1 Å². The molecule has 1 aliphatic heterocycles. The van der Waals surface area contributed by atoms with Crippen molar-refractivity contribution < 1.29 is 57.1 Å². The predicted octanol–water partition coefficient (Wildman–Crippen LogP) is 10.6. The number of rotatable bonds is 17. The first-order valence-electron chi connectivity index (χ1n) is 23.1. The van der Waals surface area contributed by atoms with Crippen molar-refractivity contribution in [3.63, 3.8) is 0 Å². The summed E-state index contributed by atoms with van der Waals surface area (Å²) in [4.78, 5) is 69.7. The summed E-state index contributed by atoms with van der Waals surface area (Å²) >= 11 is 0. The number of hydrogen-bond donors (Lipinski definition) is 1. The summed E-state index contributed by atoms with van der Waals surface area (Å²) in [5.74, 6) is -3.13. The minimum atomic E-state index is -1.90. The van der Waals surface area contributed by atoms with Crippen molar-refractivity contribution in [2.45, 2.75) is 63.5 Å². The molecule has 360 valence electrons. The van der Waals surface area contributed by atoms with Crippen molar-refractivity contribution in [2.75, 3.05) is 11.9 Å². The predicted molar refractivity (Wildman–Crippen MR) is 263 cm³/mol. The summed E-state index contributed by atoms with van der Waals surface area (Å²) in [5, 5.41) is 2.77. The molecule has 0 saturated carbocycles.